The van der Waals surface area contributed by atoms with Gasteiger partial charge < -0.3 is 10.3 Å². The first kappa shape index (κ1) is 16.8. The zero-order chi connectivity index (χ0) is 18.1. The van der Waals surface area contributed by atoms with E-state index >= 15 is 0 Å². The van der Waals surface area contributed by atoms with Crippen molar-refractivity contribution in [2.45, 2.75) is 32.2 Å². The third kappa shape index (κ3) is 3.23. The topological polar surface area (TPSA) is 84.0 Å². The van der Waals surface area contributed by atoms with Crippen LogP contribution in [0.5, 0.6) is 0 Å². The Bertz CT molecular complexity index is 972. The van der Waals surface area contributed by atoms with Gasteiger partial charge in [0.05, 0.1) is 10.9 Å². The van der Waals surface area contributed by atoms with E-state index in [1.807, 2.05) is 0 Å². The molecule has 4 rings (SSSR count). The van der Waals surface area contributed by atoms with Crippen LogP contribution in [0.15, 0.2) is 46.0 Å². The van der Waals surface area contributed by atoms with Gasteiger partial charge in [-0.2, -0.15) is 0 Å². The van der Waals surface area contributed by atoms with E-state index in [9.17, 15) is 14.4 Å². The third-order valence-corrected chi connectivity index (χ3v) is 5.65. The molecule has 26 heavy (non-hydrogen) atoms. The minimum absolute atomic E-state index is 0.0120. The number of carbonyl (C=O) groups excluding carboxylic acids is 1. The van der Waals surface area contributed by atoms with E-state index in [1.165, 1.54) is 17.4 Å². The van der Waals surface area contributed by atoms with Crippen LogP contribution in [-0.2, 0) is 11.3 Å². The summed E-state index contributed by atoms with van der Waals surface area (Å²) >= 11 is 0. The standard InChI is InChI=1S/C20H23N3O3/c24-18(21-12-15-11-13-7-8-14(15)10-13)6-3-9-23-19(25)16-4-1-2-5-17(16)22-20(23)26/h1-2,4-5,7-8,13-15H,3,6,9-12H2,(H,21,24)(H,22,26)/t13-,14-,15+/m0/s1. The van der Waals surface area contributed by atoms with E-state index in [0.717, 1.165) is 6.54 Å². The Balaban J connectivity index is 1.31. The van der Waals surface area contributed by atoms with Crippen molar-refractivity contribution >= 4 is 16.8 Å². The van der Waals surface area contributed by atoms with Crippen LogP contribution in [0, 0.1) is 17.8 Å². The highest BCUT2D eigenvalue weighted by molar-refractivity contribution is 5.77. The number of carbonyl (C=O) groups is 1. The predicted octanol–water partition coefficient (Wildman–Crippen LogP) is 1.80. The van der Waals surface area contributed by atoms with Crippen molar-refractivity contribution in [3.63, 3.8) is 0 Å². The van der Waals surface area contributed by atoms with Crippen molar-refractivity contribution in [3.8, 4) is 0 Å². The van der Waals surface area contributed by atoms with Gasteiger partial charge in [-0.1, -0.05) is 24.3 Å². The summed E-state index contributed by atoms with van der Waals surface area (Å²) in [5.41, 5.74) is -0.196. The van der Waals surface area contributed by atoms with Crippen molar-refractivity contribution in [1.82, 2.24) is 14.9 Å². The van der Waals surface area contributed by atoms with Gasteiger partial charge >= 0.3 is 5.69 Å². The number of fused-ring (bicyclic) bond motifs is 3. The largest absolute Gasteiger partial charge is 0.356 e. The Morgan fingerprint density at radius 1 is 1.19 bits per heavy atom. The number of amides is 1. The van der Waals surface area contributed by atoms with Crippen molar-refractivity contribution in [2.75, 3.05) is 6.54 Å². The van der Waals surface area contributed by atoms with Crippen LogP contribution in [0.25, 0.3) is 10.9 Å². The molecule has 0 radical (unpaired) electrons. The first-order valence-corrected chi connectivity index (χ1v) is 9.28. The quantitative estimate of drug-likeness (QED) is 0.777. The summed E-state index contributed by atoms with van der Waals surface area (Å²) in [5, 5.41) is 3.50. The molecule has 1 saturated carbocycles. The molecule has 3 atom stereocenters. The molecule has 136 valence electrons. The molecule has 0 spiro atoms. The monoisotopic (exact) mass is 353 g/mol. The summed E-state index contributed by atoms with van der Waals surface area (Å²) in [6.45, 7) is 0.962. The average Bonchev–Trinajstić information content (AvgIpc) is 3.26. The van der Waals surface area contributed by atoms with Crippen molar-refractivity contribution in [1.29, 1.82) is 0 Å². The lowest BCUT2D eigenvalue weighted by atomic mass is 9.93. The summed E-state index contributed by atoms with van der Waals surface area (Å²) in [6.07, 6.45) is 7.75. The van der Waals surface area contributed by atoms with Crippen molar-refractivity contribution in [3.05, 3.63) is 57.3 Å². The van der Waals surface area contributed by atoms with Gasteiger partial charge in [0.25, 0.3) is 5.56 Å². The zero-order valence-electron chi connectivity index (χ0n) is 14.6. The van der Waals surface area contributed by atoms with Gasteiger partial charge in [0.1, 0.15) is 0 Å². The highest BCUT2D eigenvalue weighted by atomic mass is 16.2. The summed E-state index contributed by atoms with van der Waals surface area (Å²) in [4.78, 5) is 39.3. The molecular formula is C20H23N3O3. The Kier molecular flexibility index (Phi) is 4.49. The Labute approximate surface area is 150 Å². The number of nitrogens with one attached hydrogen (secondary N) is 2. The minimum atomic E-state index is -0.428. The highest BCUT2D eigenvalue weighted by Gasteiger charge is 2.35. The number of H-pyrrole nitrogens is 1. The second-order valence-corrected chi connectivity index (χ2v) is 7.38. The smallest absolute Gasteiger partial charge is 0.328 e. The number of para-hydroxylation sites is 1. The van der Waals surface area contributed by atoms with Gasteiger partial charge in [-0.25, -0.2) is 4.79 Å². The lowest BCUT2D eigenvalue weighted by Crippen LogP contribution is -2.35. The molecular weight excluding hydrogens is 330 g/mol. The highest BCUT2D eigenvalue weighted by Crippen LogP contribution is 2.42. The van der Waals surface area contributed by atoms with E-state index < -0.39 is 5.69 Å². The average molecular weight is 353 g/mol. The fraction of sp³-hybridized carbons (Fsp3) is 0.450. The molecule has 1 fully saturated rings. The Hall–Kier alpha value is -2.63. The second kappa shape index (κ2) is 6.94. The summed E-state index contributed by atoms with van der Waals surface area (Å²) < 4.78 is 1.18. The maximum Gasteiger partial charge on any atom is 0.328 e. The minimum Gasteiger partial charge on any atom is -0.356 e. The van der Waals surface area contributed by atoms with E-state index in [-0.39, 0.29) is 18.0 Å². The summed E-state index contributed by atoms with van der Waals surface area (Å²) in [7, 11) is 0. The number of benzene rings is 1. The number of hydrogen-bond donors (Lipinski definition) is 2. The molecule has 1 amide bonds. The number of allylic oxidation sites excluding steroid dienone is 2. The van der Waals surface area contributed by atoms with Gasteiger partial charge in [0.15, 0.2) is 0 Å². The van der Waals surface area contributed by atoms with Gasteiger partial charge in [-0.05, 0) is 49.1 Å². The molecule has 2 N–H and O–H groups in total. The molecule has 1 aromatic heterocycles. The molecule has 6 heteroatoms. The maximum absolute atomic E-state index is 12.4. The van der Waals surface area contributed by atoms with E-state index in [0.29, 0.717) is 41.5 Å². The molecule has 0 unspecified atom stereocenters. The predicted molar refractivity (Wildman–Crippen MR) is 99.9 cm³/mol. The van der Waals surface area contributed by atoms with Gasteiger partial charge in [0.2, 0.25) is 5.91 Å². The lowest BCUT2D eigenvalue weighted by Gasteiger charge is -2.18. The van der Waals surface area contributed by atoms with Crippen LogP contribution in [0.3, 0.4) is 0 Å². The molecule has 2 aromatic rings. The van der Waals surface area contributed by atoms with Gasteiger partial charge in [-0.15, -0.1) is 0 Å². The van der Waals surface area contributed by atoms with Crippen LogP contribution in [0.1, 0.15) is 25.7 Å². The second-order valence-electron chi connectivity index (χ2n) is 7.38. The van der Waals surface area contributed by atoms with Crippen LogP contribution in [0.2, 0.25) is 0 Å². The molecule has 0 saturated heterocycles. The molecule has 0 aliphatic heterocycles. The fourth-order valence-corrected chi connectivity index (χ4v) is 4.26. The van der Waals surface area contributed by atoms with Gasteiger partial charge in [-0.3, -0.25) is 14.2 Å². The van der Waals surface area contributed by atoms with Gasteiger partial charge in [0, 0.05) is 19.5 Å². The summed E-state index contributed by atoms with van der Waals surface area (Å²) in [6, 6.07) is 6.95. The maximum atomic E-state index is 12.4. The number of nitrogens with zero attached hydrogens (tertiary/aromatic N) is 1. The van der Waals surface area contributed by atoms with Crippen molar-refractivity contribution < 1.29 is 4.79 Å². The summed E-state index contributed by atoms with van der Waals surface area (Å²) in [5.74, 6) is 1.87. The zero-order valence-corrected chi connectivity index (χ0v) is 14.6. The fourth-order valence-electron chi connectivity index (χ4n) is 4.26. The third-order valence-electron chi connectivity index (χ3n) is 5.65. The first-order chi connectivity index (χ1) is 12.6. The number of hydrogen-bond acceptors (Lipinski definition) is 3. The molecule has 2 aliphatic rings. The Morgan fingerprint density at radius 3 is 2.81 bits per heavy atom. The van der Waals surface area contributed by atoms with Crippen LogP contribution in [0.4, 0.5) is 0 Å². The first-order valence-electron chi connectivity index (χ1n) is 9.28. The normalized spacial score (nSPS) is 23.6. The SMILES string of the molecule is O=C(CCCn1c(=O)[nH]c2ccccc2c1=O)NC[C@H]1C[C@H]2C=C[C@H]1C2. The van der Waals surface area contributed by atoms with Crippen LogP contribution >= 0.6 is 0 Å². The van der Waals surface area contributed by atoms with Crippen molar-refractivity contribution in [2.24, 2.45) is 17.8 Å². The molecule has 1 aromatic carbocycles. The number of aromatic nitrogens is 2. The van der Waals surface area contributed by atoms with Crippen LogP contribution in [-0.4, -0.2) is 22.0 Å². The van der Waals surface area contributed by atoms with Crippen LogP contribution < -0.4 is 16.6 Å². The molecule has 2 aliphatic carbocycles. The van der Waals surface area contributed by atoms with E-state index in [2.05, 4.69) is 22.5 Å². The number of aromatic amines is 1. The van der Waals surface area contributed by atoms with E-state index in [1.54, 1.807) is 24.3 Å². The van der Waals surface area contributed by atoms with E-state index in [4.69, 9.17) is 0 Å². The molecule has 2 bridgehead atoms. The Morgan fingerprint density at radius 2 is 2.04 bits per heavy atom. The molecule has 6 nitrogen and oxygen atoms in total. The number of rotatable bonds is 6. The molecule has 1 heterocycles. The lowest BCUT2D eigenvalue weighted by molar-refractivity contribution is -0.121.